The Kier molecular flexibility index (Phi) is 5.02. The number of nitrogens with two attached hydrogens (primary N) is 1. The van der Waals surface area contributed by atoms with Crippen molar-refractivity contribution in [2.24, 2.45) is 10.7 Å². The van der Waals surface area contributed by atoms with Gasteiger partial charge in [-0.2, -0.15) is 0 Å². The highest BCUT2D eigenvalue weighted by atomic mass is 16.3. The van der Waals surface area contributed by atoms with Crippen molar-refractivity contribution >= 4 is 5.96 Å². The second-order valence-electron chi connectivity index (χ2n) is 4.84. The lowest BCUT2D eigenvalue weighted by Gasteiger charge is -2.24. The van der Waals surface area contributed by atoms with Gasteiger partial charge in [-0.25, -0.2) is 0 Å². The van der Waals surface area contributed by atoms with E-state index in [-0.39, 0.29) is 13.2 Å². The normalized spacial score (nSPS) is 22.8. The molecule has 1 aliphatic rings. The van der Waals surface area contributed by atoms with Crippen molar-refractivity contribution < 1.29 is 10.2 Å². The number of aliphatic hydroxyl groups excluding tert-OH is 1. The summed E-state index contributed by atoms with van der Waals surface area (Å²) in [6, 6.07) is 0.413. The maximum atomic E-state index is 9.54. The van der Waals surface area contributed by atoms with Crippen LogP contribution < -0.4 is 11.1 Å². The summed E-state index contributed by atoms with van der Waals surface area (Å²) in [6.45, 7) is 1.34. The third kappa shape index (κ3) is 4.81. The summed E-state index contributed by atoms with van der Waals surface area (Å²) in [5.74, 6) is 0.362. The van der Waals surface area contributed by atoms with E-state index in [2.05, 4.69) is 10.3 Å². The van der Waals surface area contributed by atoms with Crippen molar-refractivity contribution in [2.75, 3.05) is 13.2 Å². The first-order valence-corrected chi connectivity index (χ1v) is 5.93. The zero-order valence-corrected chi connectivity index (χ0v) is 9.95. The Bertz CT molecular complexity index is 235. The minimum Gasteiger partial charge on any atom is -0.393 e. The molecule has 1 atom stereocenters. The van der Waals surface area contributed by atoms with Crippen LogP contribution in [0, 0.1) is 0 Å². The molecule has 1 aliphatic carbocycles. The molecule has 0 amide bonds. The molecule has 1 unspecified atom stereocenters. The highest BCUT2D eigenvalue weighted by Gasteiger charge is 2.19. The molecular formula is C11H23N3O2. The fourth-order valence-electron chi connectivity index (χ4n) is 1.81. The Balaban J connectivity index is 2.32. The number of nitrogens with one attached hydrogen (secondary N) is 1. The van der Waals surface area contributed by atoms with Gasteiger partial charge in [0.2, 0.25) is 0 Å². The van der Waals surface area contributed by atoms with Gasteiger partial charge >= 0.3 is 0 Å². The van der Waals surface area contributed by atoms with Crippen molar-refractivity contribution in [3.8, 4) is 0 Å². The van der Waals surface area contributed by atoms with Gasteiger partial charge in [0.15, 0.2) is 5.96 Å². The van der Waals surface area contributed by atoms with E-state index in [9.17, 15) is 5.11 Å². The van der Waals surface area contributed by atoms with Crippen molar-refractivity contribution in [2.45, 2.75) is 50.7 Å². The van der Waals surface area contributed by atoms with E-state index in [0.29, 0.717) is 12.0 Å². The average Bonchev–Trinajstić information content (AvgIpc) is 2.28. The largest absolute Gasteiger partial charge is 0.393 e. The lowest BCUT2D eigenvalue weighted by molar-refractivity contribution is 0.0101. The summed E-state index contributed by atoms with van der Waals surface area (Å²) in [7, 11) is 0. The number of guanidine groups is 1. The molecule has 0 aromatic rings. The Morgan fingerprint density at radius 3 is 2.62 bits per heavy atom. The van der Waals surface area contributed by atoms with Gasteiger partial charge in [-0.05, 0) is 19.8 Å². The number of hydrogen-bond acceptors (Lipinski definition) is 3. The molecule has 1 saturated carbocycles. The highest BCUT2D eigenvalue weighted by molar-refractivity contribution is 5.78. The maximum Gasteiger partial charge on any atom is 0.188 e. The van der Waals surface area contributed by atoms with E-state index in [1.807, 2.05) is 0 Å². The molecule has 0 saturated heterocycles. The lowest BCUT2D eigenvalue weighted by atomic mass is 9.96. The maximum absolute atomic E-state index is 9.54. The Morgan fingerprint density at radius 2 is 2.06 bits per heavy atom. The lowest BCUT2D eigenvalue weighted by Crippen LogP contribution is -2.42. The van der Waals surface area contributed by atoms with Gasteiger partial charge in [0.25, 0.3) is 0 Å². The minimum atomic E-state index is -1.18. The highest BCUT2D eigenvalue weighted by Crippen LogP contribution is 2.17. The molecule has 0 bridgehead atoms. The number of nitrogens with zero attached hydrogens (tertiary/aromatic N) is 1. The molecule has 5 N–H and O–H groups in total. The SMILES string of the molecule is CC(O)(CO)CN=C(N)NC1CCCCC1. The third-order valence-corrected chi connectivity index (χ3v) is 2.89. The third-order valence-electron chi connectivity index (χ3n) is 2.89. The zero-order chi connectivity index (χ0) is 12.0. The predicted molar refractivity (Wildman–Crippen MR) is 64.2 cm³/mol. The molecule has 5 nitrogen and oxygen atoms in total. The van der Waals surface area contributed by atoms with Crippen molar-refractivity contribution in [3.63, 3.8) is 0 Å². The van der Waals surface area contributed by atoms with Crippen LogP contribution in [-0.4, -0.2) is 41.0 Å². The molecule has 0 aromatic heterocycles. The quantitative estimate of drug-likeness (QED) is 0.402. The Hall–Kier alpha value is -0.810. The van der Waals surface area contributed by atoms with Crippen LogP contribution >= 0.6 is 0 Å². The van der Waals surface area contributed by atoms with Crippen LogP contribution in [0.5, 0.6) is 0 Å². The summed E-state index contributed by atoms with van der Waals surface area (Å²) < 4.78 is 0. The van der Waals surface area contributed by atoms with Crippen LogP contribution in [0.1, 0.15) is 39.0 Å². The van der Waals surface area contributed by atoms with Gasteiger partial charge in [-0.1, -0.05) is 19.3 Å². The van der Waals surface area contributed by atoms with Crippen LogP contribution in [0.3, 0.4) is 0 Å². The zero-order valence-electron chi connectivity index (χ0n) is 9.95. The van der Waals surface area contributed by atoms with Crippen LogP contribution in [0.2, 0.25) is 0 Å². The second-order valence-corrected chi connectivity index (χ2v) is 4.84. The van der Waals surface area contributed by atoms with E-state index in [1.54, 1.807) is 0 Å². The van der Waals surface area contributed by atoms with E-state index in [1.165, 1.54) is 26.2 Å². The molecule has 1 fully saturated rings. The number of rotatable bonds is 4. The number of hydrogen-bond donors (Lipinski definition) is 4. The molecule has 0 aromatic carbocycles. The first kappa shape index (κ1) is 13.3. The smallest absolute Gasteiger partial charge is 0.188 e. The van der Waals surface area contributed by atoms with E-state index >= 15 is 0 Å². The van der Waals surface area contributed by atoms with Crippen molar-refractivity contribution in [3.05, 3.63) is 0 Å². The predicted octanol–water partition coefficient (Wildman–Crippen LogP) is -0.0333. The molecule has 0 aliphatic heterocycles. The van der Waals surface area contributed by atoms with Crippen LogP contribution in [0.25, 0.3) is 0 Å². The van der Waals surface area contributed by atoms with Crippen molar-refractivity contribution in [1.29, 1.82) is 0 Å². The molecule has 94 valence electrons. The number of aliphatic hydroxyl groups is 2. The van der Waals surface area contributed by atoms with Gasteiger partial charge in [0.05, 0.1) is 13.2 Å². The van der Waals surface area contributed by atoms with Gasteiger partial charge in [0.1, 0.15) is 5.60 Å². The summed E-state index contributed by atoms with van der Waals surface area (Å²) >= 11 is 0. The standard InChI is InChI=1S/C11H23N3O2/c1-11(16,8-15)7-13-10(12)14-9-5-3-2-4-6-9/h9,15-16H,2-8H2,1H3,(H3,12,13,14). The van der Waals surface area contributed by atoms with Crippen molar-refractivity contribution in [1.82, 2.24) is 5.32 Å². The van der Waals surface area contributed by atoms with Crippen LogP contribution in [0.4, 0.5) is 0 Å². The summed E-state index contributed by atoms with van der Waals surface area (Å²) in [6.07, 6.45) is 6.03. The first-order chi connectivity index (χ1) is 7.53. The topological polar surface area (TPSA) is 90.9 Å². The summed E-state index contributed by atoms with van der Waals surface area (Å²) in [5.41, 5.74) is 4.53. The molecule has 0 heterocycles. The molecule has 16 heavy (non-hydrogen) atoms. The van der Waals surface area contributed by atoms with E-state index < -0.39 is 5.60 Å². The average molecular weight is 229 g/mol. The Morgan fingerprint density at radius 1 is 1.44 bits per heavy atom. The fraction of sp³-hybridized carbons (Fsp3) is 0.909. The van der Waals surface area contributed by atoms with E-state index in [0.717, 1.165) is 12.8 Å². The summed E-state index contributed by atoms with van der Waals surface area (Å²) in [5, 5.41) is 21.5. The van der Waals surface area contributed by atoms with Gasteiger partial charge < -0.3 is 21.3 Å². The van der Waals surface area contributed by atoms with Crippen LogP contribution in [-0.2, 0) is 0 Å². The molecular weight excluding hydrogens is 206 g/mol. The molecule has 1 rings (SSSR count). The molecule has 5 heteroatoms. The van der Waals surface area contributed by atoms with Gasteiger partial charge in [-0.3, -0.25) is 4.99 Å². The van der Waals surface area contributed by atoms with Crippen LogP contribution in [0.15, 0.2) is 4.99 Å². The fourth-order valence-corrected chi connectivity index (χ4v) is 1.81. The molecule has 0 spiro atoms. The minimum absolute atomic E-state index is 0.120. The molecule has 0 radical (unpaired) electrons. The number of aliphatic imine (C=N–C) groups is 1. The van der Waals surface area contributed by atoms with E-state index in [4.69, 9.17) is 10.8 Å². The summed E-state index contributed by atoms with van der Waals surface area (Å²) in [4.78, 5) is 4.03. The first-order valence-electron chi connectivity index (χ1n) is 5.93. The van der Waals surface area contributed by atoms with Gasteiger partial charge in [0, 0.05) is 6.04 Å². The van der Waals surface area contributed by atoms with Gasteiger partial charge in [-0.15, -0.1) is 0 Å². The monoisotopic (exact) mass is 229 g/mol. The second kappa shape index (κ2) is 6.06. The Labute approximate surface area is 96.8 Å².